The highest BCUT2D eigenvalue weighted by atomic mass is 16.5. The van der Waals surface area contributed by atoms with Crippen LogP contribution in [-0.2, 0) is 16.0 Å². The molecule has 0 bridgehead atoms. The summed E-state index contributed by atoms with van der Waals surface area (Å²) in [6.07, 6.45) is 1.87. The highest BCUT2D eigenvalue weighted by Crippen LogP contribution is 2.39. The fourth-order valence-electron chi connectivity index (χ4n) is 2.36. The van der Waals surface area contributed by atoms with E-state index in [1.807, 2.05) is 13.8 Å². The molecular weight excluding hydrogens is 234 g/mol. The van der Waals surface area contributed by atoms with Gasteiger partial charge in [-0.15, -0.1) is 0 Å². The average Bonchev–Trinajstić information content (AvgIpc) is 2.26. The van der Waals surface area contributed by atoms with Gasteiger partial charge in [0.05, 0.1) is 18.4 Å². The third kappa shape index (κ3) is 1.83. The second kappa shape index (κ2) is 4.04. The van der Waals surface area contributed by atoms with E-state index >= 15 is 0 Å². The van der Waals surface area contributed by atoms with Gasteiger partial charge in [-0.25, -0.2) is 9.97 Å². The molecule has 1 atom stereocenters. The summed E-state index contributed by atoms with van der Waals surface area (Å²) in [5, 5.41) is 0. The molecule has 0 aromatic carbocycles. The molecule has 0 fully saturated rings. The van der Waals surface area contributed by atoms with Crippen molar-refractivity contribution in [2.24, 2.45) is 11.3 Å². The molecule has 18 heavy (non-hydrogen) atoms. The van der Waals surface area contributed by atoms with E-state index in [0.29, 0.717) is 17.7 Å². The topological polar surface area (TPSA) is 95.2 Å². The van der Waals surface area contributed by atoms with Crippen molar-refractivity contribution in [3.63, 3.8) is 0 Å². The molecule has 96 valence electrons. The first-order chi connectivity index (χ1) is 8.36. The Labute approximate surface area is 105 Å². The number of carbonyl (C=O) groups is 2. The van der Waals surface area contributed by atoms with Crippen molar-refractivity contribution >= 4 is 17.7 Å². The molecule has 1 aromatic heterocycles. The standard InChI is InChI=1S/C12H15N3O3/c1-12(2)4-7-6(5-14-11(13)15-7)9(16)8(12)10(17)18-3/h5,8H,4H2,1-3H3,(H2,13,14,15). The molecular formula is C12H15N3O3. The summed E-state index contributed by atoms with van der Waals surface area (Å²) in [5.41, 5.74) is 5.92. The van der Waals surface area contributed by atoms with Crippen molar-refractivity contribution in [1.82, 2.24) is 9.97 Å². The minimum Gasteiger partial charge on any atom is -0.468 e. The number of esters is 1. The number of fused-ring (bicyclic) bond motifs is 1. The molecule has 0 radical (unpaired) electrons. The van der Waals surface area contributed by atoms with Crippen LogP contribution >= 0.6 is 0 Å². The maximum atomic E-state index is 12.3. The van der Waals surface area contributed by atoms with Crippen molar-refractivity contribution in [2.75, 3.05) is 12.8 Å². The minimum atomic E-state index is -0.817. The molecule has 6 nitrogen and oxygen atoms in total. The average molecular weight is 249 g/mol. The normalized spacial score (nSPS) is 21.3. The molecule has 2 N–H and O–H groups in total. The summed E-state index contributed by atoms with van der Waals surface area (Å²) in [4.78, 5) is 32.0. The molecule has 0 saturated carbocycles. The molecule has 0 aliphatic heterocycles. The van der Waals surface area contributed by atoms with Gasteiger partial charge < -0.3 is 10.5 Å². The van der Waals surface area contributed by atoms with Crippen molar-refractivity contribution in [3.05, 3.63) is 17.5 Å². The lowest BCUT2D eigenvalue weighted by molar-refractivity contribution is -0.147. The number of rotatable bonds is 1. The van der Waals surface area contributed by atoms with E-state index in [4.69, 9.17) is 10.5 Å². The minimum absolute atomic E-state index is 0.133. The Morgan fingerprint density at radius 3 is 2.83 bits per heavy atom. The maximum Gasteiger partial charge on any atom is 0.317 e. The molecule has 1 aromatic rings. The van der Waals surface area contributed by atoms with E-state index in [2.05, 4.69) is 9.97 Å². The number of nitrogen functional groups attached to an aromatic ring is 1. The quantitative estimate of drug-likeness (QED) is 0.579. The molecule has 2 rings (SSSR count). The molecule has 1 unspecified atom stereocenters. The molecule has 0 saturated heterocycles. The van der Waals surface area contributed by atoms with Crippen LogP contribution in [0.25, 0.3) is 0 Å². The lowest BCUT2D eigenvalue weighted by atomic mass is 9.67. The first-order valence-electron chi connectivity index (χ1n) is 5.60. The number of aromatic nitrogens is 2. The Kier molecular flexibility index (Phi) is 2.80. The van der Waals surface area contributed by atoms with Gasteiger partial charge >= 0.3 is 5.97 Å². The molecule has 1 heterocycles. The van der Waals surface area contributed by atoms with E-state index in [1.165, 1.54) is 13.3 Å². The summed E-state index contributed by atoms with van der Waals surface area (Å²) < 4.78 is 4.71. The van der Waals surface area contributed by atoms with Crippen LogP contribution in [0, 0.1) is 11.3 Å². The molecule has 1 aliphatic carbocycles. The number of carbonyl (C=O) groups excluding carboxylic acids is 2. The number of methoxy groups -OCH3 is 1. The largest absolute Gasteiger partial charge is 0.468 e. The third-order valence-corrected chi connectivity index (χ3v) is 3.26. The van der Waals surface area contributed by atoms with Gasteiger partial charge in [0.15, 0.2) is 5.78 Å². The Morgan fingerprint density at radius 2 is 2.22 bits per heavy atom. The van der Waals surface area contributed by atoms with Crippen LogP contribution in [0.2, 0.25) is 0 Å². The van der Waals surface area contributed by atoms with Crippen LogP contribution < -0.4 is 5.73 Å². The number of Topliss-reactive ketones (excluding diaryl/α,β-unsaturated/α-hetero) is 1. The first-order valence-corrected chi connectivity index (χ1v) is 5.60. The van der Waals surface area contributed by atoms with E-state index in [9.17, 15) is 9.59 Å². The number of ether oxygens (including phenoxy) is 1. The van der Waals surface area contributed by atoms with Gasteiger partial charge in [-0.05, 0) is 11.8 Å². The first kappa shape index (κ1) is 12.5. The van der Waals surface area contributed by atoms with Gasteiger partial charge in [0, 0.05) is 6.20 Å². The van der Waals surface area contributed by atoms with Gasteiger partial charge in [-0.1, -0.05) is 13.8 Å². The fourth-order valence-corrected chi connectivity index (χ4v) is 2.36. The number of ketones is 1. The monoisotopic (exact) mass is 249 g/mol. The number of hydrogen-bond acceptors (Lipinski definition) is 6. The Balaban J connectivity index is 2.53. The van der Waals surface area contributed by atoms with E-state index < -0.39 is 17.3 Å². The van der Waals surface area contributed by atoms with Gasteiger partial charge in [0.2, 0.25) is 5.95 Å². The fraction of sp³-hybridized carbons (Fsp3) is 0.500. The molecule has 0 spiro atoms. The molecule has 6 heteroatoms. The highest BCUT2D eigenvalue weighted by Gasteiger charge is 2.47. The summed E-state index contributed by atoms with van der Waals surface area (Å²) in [6.45, 7) is 3.68. The van der Waals surface area contributed by atoms with Crippen LogP contribution in [0.15, 0.2) is 6.20 Å². The highest BCUT2D eigenvalue weighted by molar-refractivity contribution is 6.10. The Bertz CT molecular complexity index is 525. The predicted molar refractivity (Wildman–Crippen MR) is 63.8 cm³/mol. The zero-order valence-electron chi connectivity index (χ0n) is 10.6. The zero-order valence-corrected chi connectivity index (χ0v) is 10.6. The Morgan fingerprint density at radius 1 is 1.56 bits per heavy atom. The zero-order chi connectivity index (χ0) is 13.5. The smallest absolute Gasteiger partial charge is 0.317 e. The van der Waals surface area contributed by atoms with E-state index in [-0.39, 0.29) is 11.7 Å². The number of hydrogen-bond donors (Lipinski definition) is 1. The summed E-state index contributed by atoms with van der Waals surface area (Å²) in [5.74, 6) is -1.50. The van der Waals surface area contributed by atoms with Crippen LogP contribution in [0.3, 0.4) is 0 Å². The second-order valence-corrected chi connectivity index (χ2v) is 5.07. The maximum absolute atomic E-state index is 12.3. The number of nitrogens with zero attached hydrogens (tertiary/aromatic N) is 2. The van der Waals surface area contributed by atoms with Gasteiger partial charge in [-0.3, -0.25) is 9.59 Å². The summed E-state index contributed by atoms with van der Waals surface area (Å²) in [6, 6.07) is 0. The van der Waals surface area contributed by atoms with Crippen LogP contribution in [0.4, 0.5) is 5.95 Å². The van der Waals surface area contributed by atoms with Crippen molar-refractivity contribution in [3.8, 4) is 0 Å². The second-order valence-electron chi connectivity index (χ2n) is 5.07. The van der Waals surface area contributed by atoms with Crippen molar-refractivity contribution in [2.45, 2.75) is 20.3 Å². The number of anilines is 1. The lowest BCUT2D eigenvalue weighted by Crippen LogP contribution is -2.44. The van der Waals surface area contributed by atoms with Gasteiger partial charge in [0.1, 0.15) is 5.92 Å². The van der Waals surface area contributed by atoms with E-state index in [1.54, 1.807) is 0 Å². The number of nitrogens with two attached hydrogens (primary N) is 1. The summed E-state index contributed by atoms with van der Waals surface area (Å²) in [7, 11) is 1.28. The van der Waals surface area contributed by atoms with Crippen LogP contribution in [0.5, 0.6) is 0 Å². The van der Waals surface area contributed by atoms with Gasteiger partial charge in [-0.2, -0.15) is 0 Å². The van der Waals surface area contributed by atoms with Crippen LogP contribution in [0.1, 0.15) is 29.9 Å². The van der Waals surface area contributed by atoms with E-state index in [0.717, 1.165) is 0 Å². The predicted octanol–water partition coefficient (Wildman–Crippen LogP) is 0.613. The van der Waals surface area contributed by atoms with Gasteiger partial charge in [0.25, 0.3) is 0 Å². The van der Waals surface area contributed by atoms with Crippen LogP contribution in [-0.4, -0.2) is 28.8 Å². The third-order valence-electron chi connectivity index (χ3n) is 3.26. The summed E-state index contributed by atoms with van der Waals surface area (Å²) >= 11 is 0. The van der Waals surface area contributed by atoms with Crippen molar-refractivity contribution in [1.29, 1.82) is 0 Å². The lowest BCUT2D eigenvalue weighted by Gasteiger charge is -2.35. The molecule has 1 aliphatic rings. The Hall–Kier alpha value is -1.98. The van der Waals surface area contributed by atoms with Crippen molar-refractivity contribution < 1.29 is 14.3 Å². The molecule has 0 amide bonds. The SMILES string of the molecule is COC(=O)C1C(=O)c2cnc(N)nc2CC1(C)C.